The van der Waals surface area contributed by atoms with E-state index in [-0.39, 0.29) is 100 Å². The summed E-state index contributed by atoms with van der Waals surface area (Å²) in [7, 11) is 0. The van der Waals surface area contributed by atoms with Gasteiger partial charge in [0.1, 0.15) is 0 Å². The van der Waals surface area contributed by atoms with E-state index in [0.29, 0.717) is 75.1 Å². The molecule has 0 N–H and O–H groups in total. The van der Waals surface area contributed by atoms with Crippen LogP contribution in [0.3, 0.4) is 0 Å². The Bertz CT molecular complexity index is 1410. The van der Waals surface area contributed by atoms with Crippen LogP contribution in [0.1, 0.15) is 428 Å². The summed E-state index contributed by atoms with van der Waals surface area (Å²) in [6, 6.07) is 0. The molecule has 0 aromatic heterocycles. The van der Waals surface area contributed by atoms with Crippen LogP contribution in [0.15, 0.2) is 48.6 Å². The zero-order valence-electron chi connectivity index (χ0n) is 65.1. The fraction of sp³-hybridized carbons (Fsp3) is 0.860. The zero-order chi connectivity index (χ0) is 70.9. The Kier molecular flexibility index (Phi) is 137. The fourth-order valence-corrected chi connectivity index (χ4v) is 11.3. The topological polar surface area (TPSA) is 105 Å². The summed E-state index contributed by atoms with van der Waals surface area (Å²) in [5.74, 6) is 1.66. The van der Waals surface area contributed by atoms with Crippen LogP contribution in [-0.4, -0.2) is 121 Å². The molecule has 0 aromatic carbocycles. The van der Waals surface area contributed by atoms with Crippen molar-refractivity contribution in [2.75, 3.05) is 49.4 Å². The van der Waals surface area contributed by atoms with Crippen LogP contribution in [0.25, 0.3) is 0 Å². The Morgan fingerprint density at radius 2 is 0.337 bits per heavy atom. The van der Waals surface area contributed by atoms with E-state index in [9.17, 15) is 19.2 Å². The second-order valence-electron chi connectivity index (χ2n) is 26.4. The molecule has 0 spiro atoms. The monoisotopic (exact) mass is 1730 g/mol. The van der Waals surface area contributed by atoms with Crippen LogP contribution >= 0.6 is 13.5 Å². The van der Waals surface area contributed by atoms with Crippen LogP contribution in [0, 0.1) is 0 Å². The summed E-state index contributed by atoms with van der Waals surface area (Å²) >= 11 is 19.0. The summed E-state index contributed by atoms with van der Waals surface area (Å²) in [6.07, 6.45) is 93.1. The molecule has 0 rings (SSSR count). The smallest absolute Gasteiger partial charge is 0.789 e. The van der Waals surface area contributed by atoms with Gasteiger partial charge in [0.05, 0.1) is 26.4 Å². The Morgan fingerprint density at radius 3 is 0.465 bits per heavy atom. The average molecular weight is 1730 g/mol. The van der Waals surface area contributed by atoms with E-state index >= 15 is 0 Å². The number of carbonyl (C=O) groups is 4. The minimum absolute atomic E-state index is 0. The van der Waals surface area contributed by atoms with Crippen molar-refractivity contribution in [1.82, 2.24) is 0 Å². The second-order valence-corrected chi connectivity index (χ2v) is 28.1. The third kappa shape index (κ3) is 124. The van der Waals surface area contributed by atoms with Crippen molar-refractivity contribution >= 4 is 136 Å². The Morgan fingerprint density at radius 1 is 0.218 bits per heavy atom. The molecule has 0 saturated carbocycles. The molecule has 0 bridgehead atoms. The normalized spacial score (nSPS) is 10.7. The van der Waals surface area contributed by atoms with Crippen LogP contribution in [0.2, 0.25) is 0 Å². The number of hydrogen-bond donors (Lipinski definition) is 0. The minimum atomic E-state index is -0.0861. The molecule has 0 unspecified atom stereocenters. The largest absolute Gasteiger partial charge is 2.00 e. The maximum Gasteiger partial charge on any atom is 2.00 e. The molecule has 0 amide bonds. The van der Waals surface area contributed by atoms with E-state index in [2.05, 4.69) is 76.3 Å². The summed E-state index contributed by atoms with van der Waals surface area (Å²) in [4.78, 5) is 45.1. The van der Waals surface area contributed by atoms with Gasteiger partial charge < -0.3 is 69.5 Å². The van der Waals surface area contributed by atoms with Crippen LogP contribution in [0.5, 0.6) is 0 Å². The summed E-state index contributed by atoms with van der Waals surface area (Å²) in [5.41, 5.74) is 0. The van der Waals surface area contributed by atoms with Gasteiger partial charge in [0.2, 0.25) is 0 Å². The molecule has 0 heterocycles. The van der Waals surface area contributed by atoms with Crippen LogP contribution in [-0.2, 0) is 88.6 Å². The third-order valence-electron chi connectivity index (χ3n) is 17.0. The van der Waals surface area contributed by atoms with Crippen molar-refractivity contribution in [2.45, 2.75) is 428 Å². The van der Waals surface area contributed by atoms with Crippen LogP contribution < -0.4 is 0 Å². The van der Waals surface area contributed by atoms with Crippen molar-refractivity contribution in [1.29, 1.82) is 0 Å². The Hall–Kier alpha value is 0.187. The van der Waals surface area contributed by atoms with E-state index in [0.717, 1.165) is 51.4 Å². The van der Waals surface area contributed by atoms with Gasteiger partial charge in [0, 0.05) is 25.7 Å². The van der Waals surface area contributed by atoms with E-state index in [1.807, 2.05) is 0 Å². The molecule has 0 aliphatic rings. The summed E-state index contributed by atoms with van der Waals surface area (Å²) < 4.78 is 19.9. The van der Waals surface area contributed by atoms with Gasteiger partial charge in [-0.25, -0.2) is 0 Å². The molecule has 0 aromatic rings. The molecule has 0 aliphatic heterocycles. The number of esters is 4. The summed E-state index contributed by atoms with van der Waals surface area (Å²) in [6.45, 7) is 10.6. The first-order valence-corrected chi connectivity index (χ1v) is 43.1. The standard InChI is InChI=1S/4C21H40O2S.2CH4.H2S.2Sn/c4*1-2-3-4-5-6-7-8-9-10-11-12-13-14-15-16-17-18-21(22)23-19-20-24;;;;;/h4*8-9,24H,2-7,10-20H2,1H3;2*1H4;1H2;;/q;;;;;;;2*+2/p-4/b4*9-8+;;;;;. The molecule has 0 atom stereocenters. The predicted molar refractivity (Wildman–Crippen MR) is 464 cm³/mol. The number of ether oxygens (including phenoxy) is 4. The van der Waals surface area contributed by atoms with Crippen molar-refractivity contribution in [3.8, 4) is 0 Å². The average Bonchev–Trinajstić information content (AvgIpc) is 3.82. The SMILES string of the molecule is C.C.CCCCCCC/C=C/CCCCCCCCCC(=O)OCC[S-].CCCCCCC/C=C/CCCCCCCCCC(=O)OCC[S-].CCCCCCC/C=C/CCCCCCCCCC(=O)OCC[S-].CCCCCCC/C=C/CCCCCCCCCC(=O)OCC[S-].S.[Sn+2].[Sn+2]. The molecular weight excluding hydrogens is 1560 g/mol. The van der Waals surface area contributed by atoms with Crippen molar-refractivity contribution in [2.24, 2.45) is 0 Å². The number of unbranched alkanes of at least 4 members (excludes halogenated alkanes) is 48. The Balaban J connectivity index is -0.000000157. The maximum absolute atomic E-state index is 11.3. The van der Waals surface area contributed by atoms with Gasteiger partial charge in [-0.2, -0.15) is 13.5 Å². The van der Waals surface area contributed by atoms with Gasteiger partial charge in [-0.05, 0) is 128 Å². The van der Waals surface area contributed by atoms with Gasteiger partial charge in [-0.3, -0.25) is 19.2 Å². The van der Waals surface area contributed by atoms with E-state index in [1.54, 1.807) is 0 Å². The Labute approximate surface area is 693 Å². The second kappa shape index (κ2) is 116. The van der Waals surface area contributed by atoms with Gasteiger partial charge in [0.25, 0.3) is 0 Å². The minimum Gasteiger partial charge on any atom is -0.789 e. The molecule has 101 heavy (non-hydrogen) atoms. The van der Waals surface area contributed by atoms with Gasteiger partial charge in [-0.15, -0.1) is 23.0 Å². The number of hydrogen-bond acceptors (Lipinski definition) is 12. The van der Waals surface area contributed by atoms with Crippen molar-refractivity contribution in [3.63, 3.8) is 0 Å². The molecular formula is C86H166O8S5Sn2. The van der Waals surface area contributed by atoms with Crippen molar-refractivity contribution in [3.05, 3.63) is 48.6 Å². The third-order valence-corrected chi connectivity index (χ3v) is 17.6. The number of rotatable bonds is 72. The molecule has 4 radical (unpaired) electrons. The molecule has 596 valence electrons. The molecule has 15 heteroatoms. The molecule has 0 aliphatic carbocycles. The summed E-state index contributed by atoms with van der Waals surface area (Å²) in [5, 5.41) is 0. The van der Waals surface area contributed by atoms with E-state index < -0.39 is 0 Å². The van der Waals surface area contributed by atoms with E-state index in [4.69, 9.17) is 69.5 Å². The van der Waals surface area contributed by atoms with E-state index in [1.165, 1.54) is 308 Å². The maximum atomic E-state index is 11.3. The van der Waals surface area contributed by atoms with Crippen LogP contribution in [0.4, 0.5) is 0 Å². The number of carbonyl (C=O) groups excluding carboxylic acids is 4. The van der Waals surface area contributed by atoms with Gasteiger partial charge in [-0.1, -0.05) is 322 Å². The first kappa shape index (κ1) is 120. The quantitative estimate of drug-likeness (QED) is 0.0145. The van der Waals surface area contributed by atoms with Crippen molar-refractivity contribution < 1.29 is 38.1 Å². The van der Waals surface area contributed by atoms with Gasteiger partial charge in [0.15, 0.2) is 0 Å². The zero-order valence-corrected chi connectivity index (χ0v) is 75.1. The fourth-order valence-electron chi connectivity index (χ4n) is 11.0. The first-order chi connectivity index (χ1) is 47.2. The predicted octanol–water partition coefficient (Wildman–Crippen LogP) is 26.6. The molecule has 0 saturated heterocycles. The number of allylic oxidation sites excluding steroid dienone is 8. The molecule has 8 nitrogen and oxygen atoms in total. The first-order valence-electron chi connectivity index (χ1n) is 40.8. The molecule has 0 fully saturated rings. The van der Waals surface area contributed by atoms with Gasteiger partial charge >= 0.3 is 71.7 Å².